The number of hydrogen-bond acceptors (Lipinski definition) is 2. The summed E-state index contributed by atoms with van der Waals surface area (Å²) >= 11 is 2.16. The molecule has 3 unspecified atom stereocenters. The number of nitrogens with one attached hydrogen (secondary N) is 1. The van der Waals surface area contributed by atoms with Gasteiger partial charge in [-0.3, -0.25) is 0 Å². The van der Waals surface area contributed by atoms with E-state index in [4.69, 9.17) is 0 Å². The van der Waals surface area contributed by atoms with E-state index in [9.17, 15) is 0 Å². The van der Waals surface area contributed by atoms with Crippen molar-refractivity contribution in [3.8, 4) is 0 Å². The van der Waals surface area contributed by atoms with Gasteiger partial charge in [0, 0.05) is 16.0 Å². The predicted molar refractivity (Wildman–Crippen MR) is 67.0 cm³/mol. The molecule has 0 aromatic rings. The molecule has 1 aliphatic carbocycles. The minimum atomic E-state index is 0.417. The van der Waals surface area contributed by atoms with Crippen molar-refractivity contribution in [3.63, 3.8) is 0 Å². The molecule has 84 valence electrons. The first-order chi connectivity index (χ1) is 6.44. The van der Waals surface area contributed by atoms with Crippen molar-refractivity contribution in [2.75, 3.05) is 6.54 Å². The summed E-state index contributed by atoms with van der Waals surface area (Å²) in [5, 5.41) is 4.46. The first kappa shape index (κ1) is 12.4. The molecule has 1 nitrogen and oxygen atoms in total. The smallest absolute Gasteiger partial charge is 0.0103 e. The molecule has 0 spiro atoms. The third-order valence-corrected chi connectivity index (χ3v) is 4.63. The second-order valence-electron chi connectivity index (χ2n) is 5.37. The van der Waals surface area contributed by atoms with Crippen molar-refractivity contribution in [2.24, 2.45) is 5.92 Å². The van der Waals surface area contributed by atoms with Gasteiger partial charge in [-0.2, -0.15) is 11.8 Å². The zero-order valence-electron chi connectivity index (χ0n) is 10.3. The van der Waals surface area contributed by atoms with Gasteiger partial charge < -0.3 is 5.32 Å². The Balaban J connectivity index is 2.43. The maximum absolute atomic E-state index is 3.60. The minimum Gasteiger partial charge on any atom is -0.314 e. The van der Waals surface area contributed by atoms with Crippen LogP contribution >= 0.6 is 11.8 Å². The molecule has 0 saturated heterocycles. The van der Waals surface area contributed by atoms with Gasteiger partial charge >= 0.3 is 0 Å². The van der Waals surface area contributed by atoms with Gasteiger partial charge in [0.2, 0.25) is 0 Å². The first-order valence-electron chi connectivity index (χ1n) is 5.85. The first-order valence-corrected chi connectivity index (χ1v) is 6.73. The van der Waals surface area contributed by atoms with E-state index >= 15 is 0 Å². The Hall–Kier alpha value is 0.310. The van der Waals surface area contributed by atoms with E-state index in [2.05, 4.69) is 51.7 Å². The maximum atomic E-state index is 3.60. The predicted octanol–water partition coefficient (Wildman–Crippen LogP) is 3.29. The second-order valence-corrected chi connectivity index (χ2v) is 7.44. The van der Waals surface area contributed by atoms with Gasteiger partial charge in [0.15, 0.2) is 0 Å². The number of thioether (sulfide) groups is 1. The fourth-order valence-corrected chi connectivity index (χ4v) is 3.87. The van der Waals surface area contributed by atoms with Crippen LogP contribution in [0.4, 0.5) is 0 Å². The summed E-state index contributed by atoms with van der Waals surface area (Å²) in [6.45, 7) is 12.7. The quantitative estimate of drug-likeness (QED) is 0.775. The van der Waals surface area contributed by atoms with E-state index in [1.807, 2.05) is 0 Å². The summed E-state index contributed by atoms with van der Waals surface area (Å²) < 4.78 is 0.417. The topological polar surface area (TPSA) is 12.0 Å². The van der Waals surface area contributed by atoms with Crippen LogP contribution in [-0.2, 0) is 0 Å². The minimum absolute atomic E-state index is 0.417. The summed E-state index contributed by atoms with van der Waals surface area (Å²) in [5.74, 6) is 0.833. The van der Waals surface area contributed by atoms with E-state index in [0.29, 0.717) is 4.75 Å². The van der Waals surface area contributed by atoms with E-state index < -0.39 is 0 Å². The highest BCUT2D eigenvalue weighted by atomic mass is 32.2. The highest BCUT2D eigenvalue weighted by Crippen LogP contribution is 2.40. The number of hydrogen-bond donors (Lipinski definition) is 1. The van der Waals surface area contributed by atoms with E-state index in [1.165, 1.54) is 12.8 Å². The Morgan fingerprint density at radius 2 is 1.93 bits per heavy atom. The van der Waals surface area contributed by atoms with Crippen LogP contribution in [0.5, 0.6) is 0 Å². The molecular formula is C12H25NS. The Bertz CT molecular complexity index is 174. The molecule has 0 bridgehead atoms. The van der Waals surface area contributed by atoms with Gasteiger partial charge in [0.1, 0.15) is 0 Å². The zero-order chi connectivity index (χ0) is 10.8. The van der Waals surface area contributed by atoms with E-state index in [-0.39, 0.29) is 0 Å². The van der Waals surface area contributed by atoms with Gasteiger partial charge in [-0.05, 0) is 25.3 Å². The molecule has 0 amide bonds. The molecule has 0 aromatic heterocycles. The van der Waals surface area contributed by atoms with Crippen molar-refractivity contribution in [1.29, 1.82) is 0 Å². The fourth-order valence-electron chi connectivity index (χ4n) is 2.30. The molecule has 0 aliphatic heterocycles. The SMILES string of the molecule is CCNC1CCC(SC(C)(C)C)C1C. The van der Waals surface area contributed by atoms with Gasteiger partial charge in [-0.25, -0.2) is 0 Å². The molecule has 1 fully saturated rings. The van der Waals surface area contributed by atoms with Crippen molar-refractivity contribution in [2.45, 2.75) is 63.5 Å². The van der Waals surface area contributed by atoms with Crippen molar-refractivity contribution < 1.29 is 0 Å². The monoisotopic (exact) mass is 215 g/mol. The van der Waals surface area contributed by atoms with Crippen LogP contribution in [0, 0.1) is 5.92 Å². The fraction of sp³-hybridized carbons (Fsp3) is 1.00. The lowest BCUT2D eigenvalue weighted by atomic mass is 10.1. The second kappa shape index (κ2) is 4.89. The zero-order valence-corrected chi connectivity index (χ0v) is 11.1. The van der Waals surface area contributed by atoms with Crippen molar-refractivity contribution in [1.82, 2.24) is 5.32 Å². The van der Waals surface area contributed by atoms with Crippen LogP contribution in [0.2, 0.25) is 0 Å². The van der Waals surface area contributed by atoms with Gasteiger partial charge in [0.05, 0.1) is 0 Å². The molecule has 0 radical (unpaired) electrons. The molecule has 14 heavy (non-hydrogen) atoms. The summed E-state index contributed by atoms with van der Waals surface area (Å²) in [6, 6.07) is 0.764. The van der Waals surface area contributed by atoms with E-state index in [0.717, 1.165) is 23.8 Å². The third kappa shape index (κ3) is 3.47. The van der Waals surface area contributed by atoms with Crippen molar-refractivity contribution in [3.05, 3.63) is 0 Å². The lowest BCUT2D eigenvalue weighted by molar-refractivity contribution is 0.441. The molecule has 1 aliphatic rings. The van der Waals surface area contributed by atoms with E-state index in [1.54, 1.807) is 0 Å². The summed E-state index contributed by atoms with van der Waals surface area (Å²) in [6.07, 6.45) is 2.75. The Kier molecular flexibility index (Phi) is 4.32. The summed E-state index contributed by atoms with van der Waals surface area (Å²) in [5.41, 5.74) is 0. The third-order valence-electron chi connectivity index (χ3n) is 2.95. The molecule has 0 heterocycles. The van der Waals surface area contributed by atoms with Gasteiger partial charge in [-0.1, -0.05) is 34.6 Å². The Morgan fingerprint density at radius 3 is 2.43 bits per heavy atom. The van der Waals surface area contributed by atoms with Gasteiger partial charge in [-0.15, -0.1) is 0 Å². The van der Waals surface area contributed by atoms with Crippen molar-refractivity contribution >= 4 is 11.8 Å². The van der Waals surface area contributed by atoms with Crippen LogP contribution < -0.4 is 5.32 Å². The summed E-state index contributed by atoms with van der Waals surface area (Å²) in [4.78, 5) is 0. The largest absolute Gasteiger partial charge is 0.314 e. The molecule has 3 atom stereocenters. The lowest BCUT2D eigenvalue weighted by Crippen LogP contribution is -2.33. The van der Waals surface area contributed by atoms with Crippen LogP contribution in [0.25, 0.3) is 0 Å². The Labute approximate surface area is 93.4 Å². The summed E-state index contributed by atoms with van der Waals surface area (Å²) in [7, 11) is 0. The normalized spacial score (nSPS) is 33.6. The maximum Gasteiger partial charge on any atom is 0.0103 e. The molecule has 0 aromatic carbocycles. The average molecular weight is 215 g/mol. The van der Waals surface area contributed by atoms with Crippen LogP contribution in [0.15, 0.2) is 0 Å². The highest BCUT2D eigenvalue weighted by molar-refractivity contribution is 8.01. The van der Waals surface area contributed by atoms with Crippen LogP contribution in [0.1, 0.15) is 47.5 Å². The van der Waals surface area contributed by atoms with Crippen LogP contribution in [-0.4, -0.2) is 22.6 Å². The molecular weight excluding hydrogens is 190 g/mol. The highest BCUT2D eigenvalue weighted by Gasteiger charge is 2.34. The average Bonchev–Trinajstić information content (AvgIpc) is 2.34. The molecule has 1 N–H and O–H groups in total. The standard InChI is InChI=1S/C12H25NS/c1-6-13-10-7-8-11(9(10)2)14-12(3,4)5/h9-11,13H,6-8H2,1-5H3. The number of rotatable bonds is 3. The lowest BCUT2D eigenvalue weighted by Gasteiger charge is -2.27. The van der Waals surface area contributed by atoms with Crippen LogP contribution in [0.3, 0.4) is 0 Å². The molecule has 1 saturated carbocycles. The van der Waals surface area contributed by atoms with Gasteiger partial charge in [0.25, 0.3) is 0 Å². The molecule has 1 rings (SSSR count). The molecule has 2 heteroatoms. The Morgan fingerprint density at radius 1 is 1.29 bits per heavy atom.